The second-order valence-electron chi connectivity index (χ2n) is 7.55. The number of amides is 1. The van der Waals surface area contributed by atoms with Crippen LogP contribution in [-0.4, -0.2) is 42.2 Å². The zero-order valence-electron chi connectivity index (χ0n) is 17.5. The number of hydrazone groups is 1. The van der Waals surface area contributed by atoms with Crippen LogP contribution in [0.5, 0.6) is 5.75 Å². The maximum absolute atomic E-state index is 13.1. The first-order chi connectivity index (χ1) is 15.0. The van der Waals surface area contributed by atoms with E-state index in [2.05, 4.69) is 5.10 Å². The van der Waals surface area contributed by atoms with E-state index in [1.54, 1.807) is 25.5 Å². The van der Waals surface area contributed by atoms with Crippen molar-refractivity contribution in [2.24, 2.45) is 5.10 Å². The topological polar surface area (TPSA) is 58.3 Å². The summed E-state index contributed by atoms with van der Waals surface area (Å²) in [4.78, 5) is 15.0. The number of carbonyl (C=O) groups is 1. The van der Waals surface area contributed by atoms with Gasteiger partial charge in [-0.3, -0.25) is 9.69 Å². The third-order valence-corrected chi connectivity index (χ3v) is 5.23. The highest BCUT2D eigenvalue weighted by atomic mass is 19.1. The number of likely N-dealkylation sites (N-methyl/N-ethyl adjacent to an activating group) is 1. The monoisotopic (exact) mass is 421 g/mol. The molecule has 0 saturated carbocycles. The van der Waals surface area contributed by atoms with Gasteiger partial charge in [0.1, 0.15) is 23.4 Å². The lowest BCUT2D eigenvalue weighted by atomic mass is 10.0. The Labute approximate surface area is 180 Å². The van der Waals surface area contributed by atoms with E-state index < -0.39 is 0 Å². The summed E-state index contributed by atoms with van der Waals surface area (Å²) in [7, 11) is 3.48. The molecule has 0 spiro atoms. The lowest BCUT2D eigenvalue weighted by molar-refractivity contribution is -0.134. The van der Waals surface area contributed by atoms with E-state index in [9.17, 15) is 9.18 Å². The SMILES string of the molecule is COc1ccc(C2=NN(C(=O)CN(C)Cc3ccc(F)cc3)[C@@H](c3ccco3)C2)cc1. The second kappa shape index (κ2) is 9.14. The number of rotatable bonds is 7. The molecule has 1 aliphatic rings. The minimum absolute atomic E-state index is 0.130. The first-order valence-corrected chi connectivity index (χ1v) is 10.0. The molecule has 0 N–H and O–H groups in total. The van der Waals surface area contributed by atoms with Gasteiger partial charge in [-0.15, -0.1) is 0 Å². The fourth-order valence-electron chi connectivity index (χ4n) is 3.66. The number of carbonyl (C=O) groups excluding carboxylic acids is 1. The highest BCUT2D eigenvalue weighted by Gasteiger charge is 2.35. The number of benzene rings is 2. The second-order valence-corrected chi connectivity index (χ2v) is 7.55. The minimum Gasteiger partial charge on any atom is -0.497 e. The zero-order valence-corrected chi connectivity index (χ0v) is 17.5. The molecule has 2 aromatic carbocycles. The summed E-state index contributed by atoms with van der Waals surface area (Å²) in [5.74, 6) is 1.05. The fraction of sp³-hybridized carbons (Fsp3) is 0.250. The van der Waals surface area contributed by atoms with Crippen LogP contribution in [-0.2, 0) is 11.3 Å². The van der Waals surface area contributed by atoms with Gasteiger partial charge in [-0.25, -0.2) is 9.40 Å². The van der Waals surface area contributed by atoms with Crippen molar-refractivity contribution in [3.8, 4) is 5.75 Å². The lowest BCUT2D eigenvalue weighted by Crippen LogP contribution is -2.36. The molecule has 31 heavy (non-hydrogen) atoms. The van der Waals surface area contributed by atoms with Gasteiger partial charge in [-0.2, -0.15) is 5.10 Å². The number of ether oxygens (including phenoxy) is 1. The molecule has 0 fully saturated rings. The Bertz CT molecular complexity index is 1050. The molecule has 0 aliphatic carbocycles. The van der Waals surface area contributed by atoms with Crippen LogP contribution in [0.25, 0.3) is 0 Å². The Morgan fingerprint density at radius 2 is 1.94 bits per heavy atom. The van der Waals surface area contributed by atoms with Gasteiger partial charge >= 0.3 is 0 Å². The largest absolute Gasteiger partial charge is 0.497 e. The Morgan fingerprint density at radius 1 is 1.19 bits per heavy atom. The van der Waals surface area contributed by atoms with Crippen molar-refractivity contribution in [1.82, 2.24) is 9.91 Å². The number of methoxy groups -OCH3 is 1. The number of furan rings is 1. The van der Waals surface area contributed by atoms with Crippen LogP contribution in [0.4, 0.5) is 4.39 Å². The van der Waals surface area contributed by atoms with Gasteiger partial charge in [0, 0.05) is 13.0 Å². The average molecular weight is 421 g/mol. The summed E-state index contributed by atoms with van der Waals surface area (Å²) in [5.41, 5.74) is 2.69. The predicted molar refractivity (Wildman–Crippen MR) is 115 cm³/mol. The molecule has 0 radical (unpaired) electrons. The molecule has 0 bridgehead atoms. The minimum atomic E-state index is -0.293. The molecule has 6 nitrogen and oxygen atoms in total. The van der Waals surface area contributed by atoms with Gasteiger partial charge in [0.15, 0.2) is 0 Å². The predicted octanol–water partition coefficient (Wildman–Crippen LogP) is 4.24. The summed E-state index contributed by atoms with van der Waals surface area (Å²) in [5, 5.41) is 6.16. The van der Waals surface area contributed by atoms with Crippen molar-refractivity contribution in [2.45, 2.75) is 19.0 Å². The molecule has 7 heteroatoms. The standard InChI is InChI=1S/C24H24FN3O3/c1-27(15-17-5-9-19(25)10-6-17)16-24(29)28-22(23-4-3-13-31-23)14-21(26-28)18-7-11-20(30-2)12-8-18/h3-13,22H,14-16H2,1-2H3/t22-/m1/s1. The third kappa shape index (κ3) is 4.83. The van der Waals surface area contributed by atoms with Crippen LogP contribution < -0.4 is 4.74 Å². The Morgan fingerprint density at radius 3 is 2.58 bits per heavy atom. The normalized spacial score (nSPS) is 15.9. The van der Waals surface area contributed by atoms with Crippen LogP contribution in [0.3, 0.4) is 0 Å². The van der Waals surface area contributed by atoms with Crippen molar-refractivity contribution in [3.05, 3.63) is 89.6 Å². The molecule has 1 aliphatic heterocycles. The fourth-order valence-corrected chi connectivity index (χ4v) is 3.66. The number of hydrogen-bond donors (Lipinski definition) is 0. The Hall–Kier alpha value is -3.45. The molecule has 1 aromatic heterocycles. The van der Waals surface area contributed by atoms with Crippen LogP contribution in [0.1, 0.15) is 29.3 Å². The molecule has 0 unspecified atom stereocenters. The van der Waals surface area contributed by atoms with E-state index >= 15 is 0 Å². The van der Waals surface area contributed by atoms with E-state index in [0.29, 0.717) is 18.7 Å². The molecule has 3 aromatic rings. The van der Waals surface area contributed by atoms with Crippen LogP contribution in [0, 0.1) is 5.82 Å². The van der Waals surface area contributed by atoms with Crippen LogP contribution >= 0.6 is 0 Å². The highest BCUT2D eigenvalue weighted by Crippen LogP contribution is 2.33. The quantitative estimate of drug-likeness (QED) is 0.573. The van der Waals surface area contributed by atoms with Crippen LogP contribution in [0.15, 0.2) is 76.4 Å². The van der Waals surface area contributed by atoms with Crippen molar-refractivity contribution in [1.29, 1.82) is 0 Å². The molecule has 2 heterocycles. The van der Waals surface area contributed by atoms with Crippen LogP contribution in [0.2, 0.25) is 0 Å². The third-order valence-electron chi connectivity index (χ3n) is 5.23. The Balaban J connectivity index is 1.51. The Kier molecular flexibility index (Phi) is 6.13. The first kappa shape index (κ1) is 20.8. The van der Waals surface area contributed by atoms with E-state index in [1.165, 1.54) is 17.1 Å². The van der Waals surface area contributed by atoms with Gasteiger partial charge in [-0.1, -0.05) is 12.1 Å². The molecule has 4 rings (SSSR count). The number of halogens is 1. The molecule has 1 atom stereocenters. The lowest BCUT2D eigenvalue weighted by Gasteiger charge is -2.23. The van der Waals surface area contributed by atoms with Crippen molar-refractivity contribution < 1.29 is 18.3 Å². The summed E-state index contributed by atoms with van der Waals surface area (Å²) in [6, 6.07) is 17.3. The van der Waals surface area contributed by atoms with Gasteiger partial charge in [0.2, 0.25) is 0 Å². The summed E-state index contributed by atoms with van der Waals surface area (Å²) < 4.78 is 23.9. The van der Waals surface area contributed by atoms with E-state index in [-0.39, 0.29) is 24.3 Å². The first-order valence-electron chi connectivity index (χ1n) is 10.0. The number of nitrogens with zero attached hydrogens (tertiary/aromatic N) is 3. The summed E-state index contributed by atoms with van der Waals surface area (Å²) >= 11 is 0. The molecule has 1 amide bonds. The zero-order chi connectivity index (χ0) is 21.8. The van der Waals surface area contributed by atoms with E-state index in [4.69, 9.17) is 9.15 Å². The summed E-state index contributed by atoms with van der Waals surface area (Å²) in [6.45, 7) is 0.703. The van der Waals surface area contributed by atoms with E-state index in [0.717, 1.165) is 22.6 Å². The molecule has 0 saturated heterocycles. The van der Waals surface area contributed by atoms with E-state index in [1.807, 2.05) is 48.3 Å². The van der Waals surface area contributed by atoms with Gasteiger partial charge in [0.05, 0.1) is 25.6 Å². The average Bonchev–Trinajstić information content (AvgIpc) is 3.45. The van der Waals surface area contributed by atoms with Gasteiger partial charge in [0.25, 0.3) is 5.91 Å². The molecular weight excluding hydrogens is 397 g/mol. The molecule has 160 valence electrons. The smallest absolute Gasteiger partial charge is 0.257 e. The van der Waals surface area contributed by atoms with Gasteiger partial charge in [-0.05, 0) is 66.7 Å². The molecular formula is C24H24FN3O3. The summed E-state index contributed by atoms with van der Waals surface area (Å²) in [6.07, 6.45) is 2.16. The van der Waals surface area contributed by atoms with Crippen molar-refractivity contribution in [2.75, 3.05) is 20.7 Å². The number of hydrogen-bond acceptors (Lipinski definition) is 5. The maximum atomic E-state index is 13.1. The highest BCUT2D eigenvalue weighted by molar-refractivity contribution is 6.03. The van der Waals surface area contributed by atoms with Gasteiger partial charge < -0.3 is 9.15 Å². The maximum Gasteiger partial charge on any atom is 0.257 e. The van der Waals surface area contributed by atoms with Crippen molar-refractivity contribution >= 4 is 11.6 Å². The van der Waals surface area contributed by atoms with Crippen molar-refractivity contribution in [3.63, 3.8) is 0 Å².